The van der Waals surface area contributed by atoms with E-state index in [0.29, 0.717) is 30.4 Å². The smallest absolute Gasteiger partial charge is 0.261 e. The van der Waals surface area contributed by atoms with Crippen molar-refractivity contribution in [3.63, 3.8) is 0 Å². The largest absolute Gasteiger partial charge is 0.336 e. The summed E-state index contributed by atoms with van der Waals surface area (Å²) in [5.41, 5.74) is 3.18. The molecule has 0 bridgehead atoms. The van der Waals surface area contributed by atoms with Crippen molar-refractivity contribution in [2.75, 3.05) is 6.54 Å². The van der Waals surface area contributed by atoms with Crippen molar-refractivity contribution in [3.8, 4) is 0 Å². The summed E-state index contributed by atoms with van der Waals surface area (Å²) in [6.45, 7) is 1.04. The van der Waals surface area contributed by atoms with Crippen LogP contribution in [0.4, 0.5) is 0 Å². The van der Waals surface area contributed by atoms with Crippen LogP contribution in [0.2, 0.25) is 0 Å². The number of amides is 1. The molecular formula is C21H17N5O2. The van der Waals surface area contributed by atoms with E-state index in [2.05, 4.69) is 15.0 Å². The quantitative estimate of drug-likeness (QED) is 0.538. The van der Waals surface area contributed by atoms with Crippen LogP contribution in [0.5, 0.6) is 0 Å². The SMILES string of the molecule is O=C(Cn1cnc2ccccc2c1=O)N1CCc2nc3ncccc3cc2C1. The second-order valence-corrected chi connectivity index (χ2v) is 6.90. The van der Waals surface area contributed by atoms with Crippen LogP contribution < -0.4 is 5.56 Å². The van der Waals surface area contributed by atoms with Crippen LogP contribution in [0.1, 0.15) is 11.3 Å². The minimum atomic E-state index is -0.199. The monoisotopic (exact) mass is 371 g/mol. The van der Waals surface area contributed by atoms with Crippen molar-refractivity contribution >= 4 is 27.8 Å². The Morgan fingerprint density at radius 3 is 2.93 bits per heavy atom. The molecule has 0 N–H and O–H groups in total. The van der Waals surface area contributed by atoms with Crippen LogP contribution in [0.3, 0.4) is 0 Å². The molecule has 0 aliphatic carbocycles. The molecule has 0 radical (unpaired) electrons. The minimum absolute atomic E-state index is 0.0193. The third kappa shape index (κ3) is 2.81. The lowest BCUT2D eigenvalue weighted by molar-refractivity contribution is -0.132. The maximum absolute atomic E-state index is 12.8. The molecule has 0 fully saturated rings. The second kappa shape index (κ2) is 6.53. The molecule has 0 spiro atoms. The molecule has 3 aromatic heterocycles. The number of rotatable bonds is 2. The van der Waals surface area contributed by atoms with Crippen LogP contribution in [0, 0.1) is 0 Å². The number of fused-ring (bicyclic) bond motifs is 3. The molecule has 0 unspecified atom stereocenters. The van der Waals surface area contributed by atoms with E-state index < -0.39 is 0 Å². The van der Waals surface area contributed by atoms with Gasteiger partial charge < -0.3 is 4.90 Å². The Hall–Kier alpha value is -3.61. The van der Waals surface area contributed by atoms with Crippen LogP contribution >= 0.6 is 0 Å². The highest BCUT2D eigenvalue weighted by Crippen LogP contribution is 2.21. The zero-order chi connectivity index (χ0) is 19.1. The Kier molecular flexibility index (Phi) is 3.86. The van der Waals surface area contributed by atoms with Crippen molar-refractivity contribution < 1.29 is 4.79 Å². The van der Waals surface area contributed by atoms with Gasteiger partial charge in [-0.25, -0.2) is 15.0 Å². The topological polar surface area (TPSA) is 81.0 Å². The van der Waals surface area contributed by atoms with Gasteiger partial charge in [0.25, 0.3) is 5.56 Å². The van der Waals surface area contributed by atoms with Crippen molar-refractivity contribution in [1.29, 1.82) is 0 Å². The zero-order valence-electron chi connectivity index (χ0n) is 15.1. The summed E-state index contributed by atoms with van der Waals surface area (Å²) in [6.07, 6.45) is 3.86. The first-order valence-electron chi connectivity index (χ1n) is 9.14. The fourth-order valence-electron chi connectivity index (χ4n) is 3.64. The first kappa shape index (κ1) is 16.6. The summed E-state index contributed by atoms with van der Waals surface area (Å²) in [5, 5.41) is 1.48. The lowest BCUT2D eigenvalue weighted by atomic mass is 10.0. The van der Waals surface area contributed by atoms with E-state index in [-0.39, 0.29) is 18.0 Å². The maximum Gasteiger partial charge on any atom is 0.261 e. The minimum Gasteiger partial charge on any atom is -0.336 e. The van der Waals surface area contributed by atoms with Crippen molar-refractivity contribution in [3.05, 3.63) is 76.6 Å². The van der Waals surface area contributed by atoms with E-state index in [9.17, 15) is 9.59 Å². The van der Waals surface area contributed by atoms with Gasteiger partial charge in [-0.3, -0.25) is 14.2 Å². The fraction of sp³-hybridized carbons (Fsp3) is 0.190. The van der Waals surface area contributed by atoms with Gasteiger partial charge >= 0.3 is 0 Å². The molecule has 4 heterocycles. The van der Waals surface area contributed by atoms with Crippen LogP contribution in [-0.4, -0.2) is 36.9 Å². The maximum atomic E-state index is 12.8. The first-order valence-corrected chi connectivity index (χ1v) is 9.14. The number of carbonyl (C=O) groups excluding carboxylic acids is 1. The number of hydrogen-bond acceptors (Lipinski definition) is 5. The average molecular weight is 371 g/mol. The van der Waals surface area contributed by atoms with Crippen molar-refractivity contribution in [1.82, 2.24) is 24.4 Å². The van der Waals surface area contributed by atoms with Gasteiger partial charge in [-0.15, -0.1) is 0 Å². The van der Waals surface area contributed by atoms with E-state index in [4.69, 9.17) is 0 Å². The molecule has 7 heteroatoms. The summed E-state index contributed by atoms with van der Waals surface area (Å²) in [5.74, 6) is -0.101. The molecule has 138 valence electrons. The number of para-hydroxylation sites is 1. The number of carbonyl (C=O) groups is 1. The number of aromatic nitrogens is 4. The van der Waals surface area contributed by atoms with Crippen LogP contribution in [0.15, 0.2) is 59.8 Å². The Morgan fingerprint density at radius 1 is 1.11 bits per heavy atom. The molecule has 1 aliphatic heterocycles. The first-order chi connectivity index (χ1) is 13.7. The Labute approximate surface area is 160 Å². The summed E-state index contributed by atoms with van der Waals surface area (Å²) in [6, 6.07) is 13.0. The van der Waals surface area contributed by atoms with Gasteiger partial charge in [0.15, 0.2) is 5.65 Å². The summed E-state index contributed by atoms with van der Waals surface area (Å²) >= 11 is 0. The molecule has 1 aliphatic rings. The van der Waals surface area contributed by atoms with Crippen LogP contribution in [-0.2, 0) is 24.3 Å². The van der Waals surface area contributed by atoms with E-state index in [0.717, 1.165) is 22.3 Å². The number of nitrogens with zero attached hydrogens (tertiary/aromatic N) is 5. The standard InChI is InChI=1S/C21H17N5O2/c27-19(12-26-13-23-18-6-2-1-5-16(18)21(26)28)25-9-7-17-15(11-25)10-14-4-3-8-22-20(14)24-17/h1-6,8,10,13H,7,9,11-12H2. The zero-order valence-corrected chi connectivity index (χ0v) is 15.1. The van der Waals surface area contributed by atoms with Crippen molar-refractivity contribution in [2.24, 2.45) is 0 Å². The van der Waals surface area contributed by atoms with E-state index in [1.807, 2.05) is 24.3 Å². The molecule has 1 aromatic carbocycles. The Morgan fingerprint density at radius 2 is 2.00 bits per heavy atom. The third-order valence-corrected chi connectivity index (χ3v) is 5.13. The summed E-state index contributed by atoms with van der Waals surface area (Å²) < 4.78 is 1.38. The Balaban J connectivity index is 1.40. The normalized spacial score (nSPS) is 13.6. The lowest BCUT2D eigenvalue weighted by Crippen LogP contribution is -2.40. The van der Waals surface area contributed by atoms with Gasteiger partial charge in [0, 0.05) is 36.8 Å². The highest BCUT2D eigenvalue weighted by molar-refractivity contribution is 5.80. The molecule has 0 saturated carbocycles. The fourth-order valence-corrected chi connectivity index (χ4v) is 3.64. The Bertz CT molecular complexity index is 1280. The molecular weight excluding hydrogens is 354 g/mol. The molecule has 1 amide bonds. The molecule has 7 nitrogen and oxygen atoms in total. The van der Waals surface area contributed by atoms with Gasteiger partial charge in [0.2, 0.25) is 5.91 Å². The molecule has 28 heavy (non-hydrogen) atoms. The summed E-state index contributed by atoms with van der Waals surface area (Å²) in [7, 11) is 0. The van der Waals surface area contributed by atoms with Gasteiger partial charge in [-0.2, -0.15) is 0 Å². The molecule has 4 aromatic rings. The van der Waals surface area contributed by atoms with Gasteiger partial charge in [-0.05, 0) is 35.9 Å². The highest BCUT2D eigenvalue weighted by Gasteiger charge is 2.23. The molecule has 0 atom stereocenters. The highest BCUT2D eigenvalue weighted by atomic mass is 16.2. The molecule has 5 rings (SSSR count). The van der Waals surface area contributed by atoms with Gasteiger partial charge in [0.1, 0.15) is 6.54 Å². The number of pyridine rings is 2. The van der Waals surface area contributed by atoms with Gasteiger partial charge in [-0.1, -0.05) is 12.1 Å². The number of hydrogen-bond donors (Lipinski definition) is 0. The van der Waals surface area contributed by atoms with E-state index in [1.54, 1.807) is 29.3 Å². The average Bonchev–Trinajstić information content (AvgIpc) is 2.74. The predicted octanol–water partition coefficient (Wildman–Crippen LogP) is 1.92. The predicted molar refractivity (Wildman–Crippen MR) is 105 cm³/mol. The third-order valence-electron chi connectivity index (χ3n) is 5.13. The van der Waals surface area contributed by atoms with Crippen molar-refractivity contribution in [2.45, 2.75) is 19.5 Å². The molecule has 0 saturated heterocycles. The lowest BCUT2D eigenvalue weighted by Gasteiger charge is -2.28. The number of benzene rings is 1. The van der Waals surface area contributed by atoms with Gasteiger partial charge in [0.05, 0.1) is 17.2 Å². The second-order valence-electron chi connectivity index (χ2n) is 6.90. The summed E-state index contributed by atoms with van der Waals surface area (Å²) in [4.78, 5) is 40.4. The van der Waals surface area contributed by atoms with E-state index in [1.165, 1.54) is 10.9 Å². The van der Waals surface area contributed by atoms with Crippen LogP contribution in [0.25, 0.3) is 21.9 Å². The van der Waals surface area contributed by atoms with E-state index >= 15 is 0 Å².